The first-order valence-corrected chi connectivity index (χ1v) is 5.45. The maximum Gasteiger partial charge on any atom is 0.275 e. The number of aliphatic hydroxyl groups excluding tert-OH is 1. The van der Waals surface area contributed by atoms with Gasteiger partial charge in [-0.2, -0.15) is 5.10 Å². The average molecular weight is 247 g/mol. The van der Waals surface area contributed by atoms with E-state index >= 15 is 0 Å². The van der Waals surface area contributed by atoms with E-state index in [1.165, 1.54) is 6.07 Å². The summed E-state index contributed by atoms with van der Waals surface area (Å²) in [6.45, 7) is 3.52. The Labute approximate surface area is 103 Å². The largest absolute Gasteiger partial charge is 0.383 e. The van der Waals surface area contributed by atoms with Gasteiger partial charge in [-0.15, -0.1) is 0 Å². The van der Waals surface area contributed by atoms with Crippen molar-refractivity contribution in [3.63, 3.8) is 0 Å². The second-order valence-corrected chi connectivity index (χ2v) is 4.07. The third-order valence-corrected chi connectivity index (χ3v) is 2.89. The number of nitro benzene ring substituents is 1. The number of nitrogens with one attached hydrogen (secondary N) is 1. The van der Waals surface area contributed by atoms with Crippen LogP contribution in [0.4, 0.5) is 5.69 Å². The summed E-state index contributed by atoms with van der Waals surface area (Å²) in [6, 6.07) is 6.16. The summed E-state index contributed by atoms with van der Waals surface area (Å²) in [5.41, 5.74) is 2.11. The van der Waals surface area contributed by atoms with Gasteiger partial charge in [0.15, 0.2) is 0 Å². The highest BCUT2D eigenvalue weighted by molar-refractivity contribution is 5.46. The Morgan fingerprint density at radius 2 is 2.06 bits per heavy atom. The molecule has 2 N–H and O–H groups in total. The molecule has 1 aromatic carbocycles. The first-order valence-electron chi connectivity index (χ1n) is 5.45. The van der Waals surface area contributed by atoms with E-state index in [9.17, 15) is 15.2 Å². The molecule has 1 atom stereocenters. The van der Waals surface area contributed by atoms with Gasteiger partial charge >= 0.3 is 0 Å². The lowest BCUT2D eigenvalue weighted by Gasteiger charge is -2.11. The molecule has 0 amide bonds. The molecule has 1 unspecified atom stereocenters. The van der Waals surface area contributed by atoms with E-state index in [-0.39, 0.29) is 11.3 Å². The highest BCUT2D eigenvalue weighted by Gasteiger charge is 2.24. The van der Waals surface area contributed by atoms with Crippen molar-refractivity contribution in [2.75, 3.05) is 0 Å². The minimum Gasteiger partial charge on any atom is -0.383 e. The van der Waals surface area contributed by atoms with Crippen molar-refractivity contribution in [3.8, 4) is 0 Å². The van der Waals surface area contributed by atoms with Crippen LogP contribution in [0.2, 0.25) is 0 Å². The molecule has 2 aromatic rings. The number of hydrogen-bond acceptors (Lipinski definition) is 4. The summed E-state index contributed by atoms with van der Waals surface area (Å²) in [4.78, 5) is 10.4. The Morgan fingerprint density at radius 1 is 1.39 bits per heavy atom. The Morgan fingerprint density at radius 3 is 2.61 bits per heavy atom. The van der Waals surface area contributed by atoms with Crippen molar-refractivity contribution >= 4 is 5.69 Å². The third-order valence-electron chi connectivity index (χ3n) is 2.89. The van der Waals surface area contributed by atoms with Crippen molar-refractivity contribution in [1.29, 1.82) is 0 Å². The van der Waals surface area contributed by atoms with E-state index in [0.29, 0.717) is 17.0 Å². The van der Waals surface area contributed by atoms with Crippen LogP contribution in [-0.4, -0.2) is 20.2 Å². The van der Waals surface area contributed by atoms with Crippen LogP contribution in [0, 0.1) is 24.0 Å². The average Bonchev–Trinajstić information content (AvgIpc) is 2.68. The van der Waals surface area contributed by atoms with Gasteiger partial charge in [-0.25, -0.2) is 0 Å². The van der Waals surface area contributed by atoms with E-state index in [4.69, 9.17) is 0 Å². The normalized spacial score (nSPS) is 12.4. The second-order valence-electron chi connectivity index (χ2n) is 4.07. The Bertz CT molecular complexity index is 573. The van der Waals surface area contributed by atoms with Gasteiger partial charge in [-0.05, 0) is 19.9 Å². The van der Waals surface area contributed by atoms with Crippen LogP contribution >= 0.6 is 0 Å². The summed E-state index contributed by atoms with van der Waals surface area (Å²) in [5.74, 6) is 0. The van der Waals surface area contributed by atoms with E-state index in [1.807, 2.05) is 0 Å². The fraction of sp³-hybridized carbons (Fsp3) is 0.250. The highest BCUT2D eigenvalue weighted by Crippen LogP contribution is 2.31. The number of aliphatic hydroxyl groups is 1. The molecule has 0 saturated heterocycles. The van der Waals surface area contributed by atoms with Crippen LogP contribution < -0.4 is 0 Å². The van der Waals surface area contributed by atoms with E-state index in [0.717, 1.165) is 0 Å². The van der Waals surface area contributed by atoms with Gasteiger partial charge in [-0.1, -0.05) is 12.1 Å². The Kier molecular flexibility index (Phi) is 3.12. The van der Waals surface area contributed by atoms with Crippen LogP contribution in [0.3, 0.4) is 0 Å². The Hall–Kier alpha value is -2.21. The first kappa shape index (κ1) is 12.3. The number of rotatable bonds is 3. The summed E-state index contributed by atoms with van der Waals surface area (Å²) in [6.07, 6.45) is -1.05. The standard InChI is InChI=1S/C12H13N3O3/c1-7-11(8(2)14-13-7)12(16)9-5-3-4-6-10(9)15(17)18/h3-6,12,16H,1-2H3,(H,13,14). The van der Waals surface area contributed by atoms with Crippen LogP contribution in [0.15, 0.2) is 24.3 Å². The molecule has 0 radical (unpaired) electrons. The molecule has 0 aliphatic heterocycles. The lowest BCUT2D eigenvalue weighted by atomic mass is 9.98. The number of aromatic nitrogens is 2. The number of nitro groups is 1. The lowest BCUT2D eigenvalue weighted by Crippen LogP contribution is -2.05. The number of H-pyrrole nitrogens is 1. The fourth-order valence-electron chi connectivity index (χ4n) is 2.00. The molecule has 1 aromatic heterocycles. The number of aryl methyl sites for hydroxylation is 2. The fourth-order valence-corrected chi connectivity index (χ4v) is 2.00. The zero-order valence-corrected chi connectivity index (χ0v) is 10.0. The number of para-hydroxylation sites is 1. The number of aromatic amines is 1. The molecule has 6 nitrogen and oxygen atoms in total. The van der Waals surface area contributed by atoms with Gasteiger partial charge in [-0.3, -0.25) is 15.2 Å². The third kappa shape index (κ3) is 1.98. The molecule has 2 rings (SSSR count). The second kappa shape index (κ2) is 4.58. The SMILES string of the molecule is Cc1n[nH]c(C)c1C(O)c1ccccc1[N+](=O)[O-]. The molecule has 0 saturated carbocycles. The molecule has 1 heterocycles. The summed E-state index contributed by atoms with van der Waals surface area (Å²) >= 11 is 0. The van der Waals surface area contributed by atoms with Crippen molar-refractivity contribution in [2.24, 2.45) is 0 Å². The van der Waals surface area contributed by atoms with Crippen LogP contribution in [0.25, 0.3) is 0 Å². The number of nitrogens with zero attached hydrogens (tertiary/aromatic N) is 2. The molecular formula is C12H13N3O3. The predicted molar refractivity (Wildman–Crippen MR) is 65.2 cm³/mol. The zero-order valence-electron chi connectivity index (χ0n) is 10.0. The highest BCUT2D eigenvalue weighted by atomic mass is 16.6. The van der Waals surface area contributed by atoms with Gasteiger partial charge in [0.05, 0.1) is 16.2 Å². The van der Waals surface area contributed by atoms with Crippen LogP contribution in [0.5, 0.6) is 0 Å². The van der Waals surface area contributed by atoms with Gasteiger partial charge in [0.2, 0.25) is 0 Å². The first-order chi connectivity index (χ1) is 8.52. The quantitative estimate of drug-likeness (QED) is 0.641. The molecule has 94 valence electrons. The molecule has 0 bridgehead atoms. The maximum absolute atomic E-state index is 10.9. The van der Waals surface area contributed by atoms with Gasteiger partial charge in [0.1, 0.15) is 6.10 Å². The molecule has 0 aliphatic carbocycles. The van der Waals surface area contributed by atoms with E-state index in [2.05, 4.69) is 10.2 Å². The predicted octanol–water partition coefficient (Wildman–Crippen LogP) is 2.02. The van der Waals surface area contributed by atoms with Crippen molar-refractivity contribution in [3.05, 3.63) is 56.9 Å². The monoisotopic (exact) mass is 247 g/mol. The van der Waals surface area contributed by atoms with Crippen LogP contribution in [0.1, 0.15) is 28.6 Å². The van der Waals surface area contributed by atoms with Gasteiger partial charge in [0.25, 0.3) is 5.69 Å². The summed E-state index contributed by atoms with van der Waals surface area (Å²) in [5, 5.41) is 28.0. The van der Waals surface area contributed by atoms with Crippen molar-refractivity contribution < 1.29 is 10.0 Å². The molecular weight excluding hydrogens is 234 g/mol. The minimum atomic E-state index is -1.05. The van der Waals surface area contributed by atoms with Crippen molar-refractivity contribution in [2.45, 2.75) is 20.0 Å². The smallest absolute Gasteiger partial charge is 0.275 e. The number of benzene rings is 1. The molecule has 18 heavy (non-hydrogen) atoms. The van der Waals surface area contributed by atoms with Gasteiger partial charge < -0.3 is 5.11 Å². The van der Waals surface area contributed by atoms with Crippen LogP contribution in [-0.2, 0) is 0 Å². The topological polar surface area (TPSA) is 92.0 Å². The zero-order chi connectivity index (χ0) is 13.3. The molecule has 0 spiro atoms. The van der Waals surface area contributed by atoms with E-state index < -0.39 is 11.0 Å². The van der Waals surface area contributed by atoms with Gasteiger partial charge in [0, 0.05) is 17.3 Å². The molecule has 0 aliphatic rings. The van der Waals surface area contributed by atoms with E-state index in [1.54, 1.807) is 32.0 Å². The molecule has 0 fully saturated rings. The van der Waals surface area contributed by atoms with Crippen molar-refractivity contribution in [1.82, 2.24) is 10.2 Å². The lowest BCUT2D eigenvalue weighted by molar-refractivity contribution is -0.386. The Balaban J connectivity index is 2.53. The minimum absolute atomic E-state index is 0.0926. The maximum atomic E-state index is 10.9. The summed E-state index contributed by atoms with van der Waals surface area (Å²) < 4.78 is 0. The molecule has 6 heteroatoms. The summed E-state index contributed by atoms with van der Waals surface area (Å²) in [7, 11) is 0. The number of hydrogen-bond donors (Lipinski definition) is 2.